The number of halogens is 2. The first-order valence-electron chi connectivity index (χ1n) is 22.0. The van der Waals surface area contributed by atoms with E-state index in [0.717, 1.165) is 0 Å². The van der Waals surface area contributed by atoms with Crippen molar-refractivity contribution in [1.82, 2.24) is 24.8 Å². The Bertz CT molecular complexity index is 2960. The Morgan fingerprint density at radius 2 is 1.72 bits per heavy atom. The number of esters is 1. The number of hydrogen-bond acceptors (Lipinski definition) is 14. The summed E-state index contributed by atoms with van der Waals surface area (Å²) in [6.07, 6.45) is 1.74. The average Bonchev–Trinajstić information content (AvgIpc) is 3.73. The van der Waals surface area contributed by atoms with Gasteiger partial charge in [0, 0.05) is 48.8 Å². The summed E-state index contributed by atoms with van der Waals surface area (Å²) in [7, 11) is 3.13. The first-order chi connectivity index (χ1) is 33.2. The molecule has 0 fully saturated rings. The van der Waals surface area contributed by atoms with Crippen LogP contribution >= 0.6 is 22.9 Å². The minimum atomic E-state index is -1.31. The van der Waals surface area contributed by atoms with Crippen LogP contribution in [0.25, 0.3) is 43.2 Å². The molecule has 0 N–H and O–H groups in total. The number of rotatable bonds is 19. The number of thiophene rings is 1. The van der Waals surface area contributed by atoms with Crippen molar-refractivity contribution in [2.45, 2.75) is 65.9 Å². The molecule has 7 rings (SSSR count). The standard InChI is InChI=1S/C52H51ClFN5O9S/c1-8-65-50(61)42(67-48-44-43(38-19-16-34(28-60)45(53)31(38)2)46(69-49(44)57-30-56-48)33-14-17-36(54)18-15-33)26-35-25-32(27-59(23-24-63-6)51(62)68-52(3,4)5)13-20-40(35)66-29-37-21-22-55-47(58-37)39-11-9-10-12-41(39)64-7/h9-22,25,28,30,42H,8,23-24,26-27,29H2,1-7H3/t42-/m1/s1. The summed E-state index contributed by atoms with van der Waals surface area (Å²) < 4.78 is 49.8. The van der Waals surface area contributed by atoms with E-state index >= 15 is 0 Å². The van der Waals surface area contributed by atoms with Crippen LogP contribution in [0.2, 0.25) is 5.02 Å². The summed E-state index contributed by atoms with van der Waals surface area (Å²) in [5, 5.41) is 0.716. The van der Waals surface area contributed by atoms with Crippen LogP contribution in [0.4, 0.5) is 9.18 Å². The molecule has 1 atom stereocenters. The summed E-state index contributed by atoms with van der Waals surface area (Å²) >= 11 is 8.08. The van der Waals surface area contributed by atoms with E-state index in [4.69, 9.17) is 45.0 Å². The maximum atomic E-state index is 14.3. The zero-order valence-corrected chi connectivity index (χ0v) is 40.8. The zero-order valence-electron chi connectivity index (χ0n) is 39.2. The van der Waals surface area contributed by atoms with Crippen molar-refractivity contribution in [3.63, 3.8) is 0 Å². The minimum absolute atomic E-state index is 0.0155. The molecule has 0 aliphatic heterocycles. The summed E-state index contributed by atoms with van der Waals surface area (Å²) in [6, 6.07) is 24.0. The van der Waals surface area contributed by atoms with Crippen LogP contribution in [0.15, 0.2) is 97.5 Å². The van der Waals surface area contributed by atoms with Gasteiger partial charge in [0.25, 0.3) is 0 Å². The lowest BCUT2D eigenvalue weighted by molar-refractivity contribution is -0.151. The van der Waals surface area contributed by atoms with Crippen molar-refractivity contribution in [1.29, 1.82) is 0 Å². The van der Waals surface area contributed by atoms with E-state index < -0.39 is 29.6 Å². The van der Waals surface area contributed by atoms with Gasteiger partial charge in [0.1, 0.15) is 40.7 Å². The van der Waals surface area contributed by atoms with Gasteiger partial charge in [-0.3, -0.25) is 4.79 Å². The van der Waals surface area contributed by atoms with Gasteiger partial charge in [-0.1, -0.05) is 54.1 Å². The number of aldehydes is 1. The van der Waals surface area contributed by atoms with Gasteiger partial charge < -0.3 is 33.3 Å². The molecule has 3 heterocycles. The van der Waals surface area contributed by atoms with Crippen LogP contribution in [-0.4, -0.2) is 88.9 Å². The number of carbonyl (C=O) groups excluding carboxylic acids is 3. The fourth-order valence-electron chi connectivity index (χ4n) is 7.47. The number of hydrogen-bond donors (Lipinski definition) is 0. The molecule has 0 unspecified atom stereocenters. The van der Waals surface area contributed by atoms with Crippen LogP contribution in [-0.2, 0) is 38.6 Å². The highest BCUT2D eigenvalue weighted by molar-refractivity contribution is 7.22. The molecule has 17 heteroatoms. The third kappa shape index (κ3) is 12.0. The molecular weight excluding hydrogens is 925 g/mol. The van der Waals surface area contributed by atoms with Crippen molar-refractivity contribution >= 4 is 51.5 Å². The van der Waals surface area contributed by atoms with Gasteiger partial charge in [-0.25, -0.2) is 33.9 Å². The first kappa shape index (κ1) is 49.9. The summed E-state index contributed by atoms with van der Waals surface area (Å²) in [5.41, 5.74) is 4.60. The van der Waals surface area contributed by atoms with Gasteiger partial charge in [-0.05, 0) is 105 Å². The third-order valence-electron chi connectivity index (χ3n) is 10.7. The number of ether oxygens (including phenoxy) is 6. The number of para-hydroxylation sites is 1. The Hall–Kier alpha value is -7.01. The molecule has 3 aromatic heterocycles. The number of fused-ring (bicyclic) bond motifs is 1. The van der Waals surface area contributed by atoms with Gasteiger partial charge in [0.15, 0.2) is 12.1 Å². The first-order valence-corrected chi connectivity index (χ1v) is 23.2. The number of benzene rings is 4. The maximum absolute atomic E-state index is 14.3. The lowest BCUT2D eigenvalue weighted by Gasteiger charge is -2.27. The monoisotopic (exact) mass is 975 g/mol. The molecule has 0 radical (unpaired) electrons. The Labute approximate surface area is 408 Å². The highest BCUT2D eigenvalue weighted by Gasteiger charge is 2.30. The fourth-order valence-corrected chi connectivity index (χ4v) is 8.83. The maximum Gasteiger partial charge on any atom is 0.410 e. The van der Waals surface area contributed by atoms with E-state index in [1.807, 2.05) is 36.4 Å². The van der Waals surface area contributed by atoms with Crippen molar-refractivity contribution in [2.24, 2.45) is 0 Å². The third-order valence-corrected chi connectivity index (χ3v) is 12.4. The van der Waals surface area contributed by atoms with E-state index in [1.165, 1.54) is 34.7 Å². The molecule has 69 heavy (non-hydrogen) atoms. The molecule has 4 aromatic carbocycles. The van der Waals surface area contributed by atoms with E-state index in [9.17, 15) is 18.8 Å². The van der Waals surface area contributed by atoms with E-state index in [1.54, 1.807) is 91.4 Å². The quantitative estimate of drug-likeness (QED) is 0.0556. The molecule has 7 aromatic rings. The van der Waals surface area contributed by atoms with Crippen molar-refractivity contribution in [3.05, 3.63) is 136 Å². The second kappa shape index (κ2) is 22.4. The molecule has 358 valence electrons. The molecule has 1 amide bonds. The largest absolute Gasteiger partial charge is 0.496 e. The molecule has 0 spiro atoms. The van der Waals surface area contributed by atoms with Gasteiger partial charge in [-0.15, -0.1) is 11.3 Å². The van der Waals surface area contributed by atoms with Gasteiger partial charge in [0.05, 0.1) is 42.0 Å². The Morgan fingerprint density at radius 1 is 0.942 bits per heavy atom. The summed E-state index contributed by atoms with van der Waals surface area (Å²) in [4.78, 5) is 60.8. The van der Waals surface area contributed by atoms with Crippen molar-refractivity contribution in [2.75, 3.05) is 34.0 Å². The predicted octanol–water partition coefficient (Wildman–Crippen LogP) is 10.9. The second-order valence-electron chi connectivity index (χ2n) is 16.7. The summed E-state index contributed by atoms with van der Waals surface area (Å²) in [6.45, 7) is 9.57. The number of aromatic nitrogens is 4. The predicted molar refractivity (Wildman–Crippen MR) is 261 cm³/mol. The number of amides is 1. The Kier molecular flexibility index (Phi) is 16.2. The SMILES string of the molecule is CCOC(=O)[C@@H](Cc1cc(CN(CCOC)C(=O)OC(C)(C)C)ccc1OCc1ccnc(-c2ccccc2OC)n1)Oc1ncnc2sc(-c3ccc(F)cc3)c(-c3ccc(C=O)c(Cl)c3C)c12. The van der Waals surface area contributed by atoms with Crippen molar-refractivity contribution in [3.8, 4) is 50.3 Å². The number of nitrogens with zero attached hydrogens (tertiary/aromatic N) is 5. The molecule has 0 saturated heterocycles. The summed E-state index contributed by atoms with van der Waals surface area (Å²) in [5.74, 6) is 0.429. The normalized spacial score (nSPS) is 11.8. The van der Waals surface area contributed by atoms with E-state index in [0.29, 0.717) is 88.9 Å². The fraction of sp³-hybridized carbons (Fsp3) is 0.288. The number of carbonyl (C=O) groups is 3. The minimum Gasteiger partial charge on any atom is -0.496 e. The highest BCUT2D eigenvalue weighted by Crippen LogP contribution is 2.49. The molecule has 0 aliphatic rings. The van der Waals surface area contributed by atoms with Gasteiger partial charge in [0.2, 0.25) is 12.0 Å². The van der Waals surface area contributed by atoms with Crippen LogP contribution in [0.5, 0.6) is 17.4 Å². The van der Waals surface area contributed by atoms with E-state index in [-0.39, 0.29) is 50.2 Å². The molecule has 14 nitrogen and oxygen atoms in total. The smallest absolute Gasteiger partial charge is 0.410 e. The molecule has 0 aliphatic carbocycles. The Balaban J connectivity index is 1.32. The Morgan fingerprint density at radius 3 is 2.45 bits per heavy atom. The number of methoxy groups -OCH3 is 2. The van der Waals surface area contributed by atoms with Crippen LogP contribution in [0.1, 0.15) is 60.4 Å². The topological polar surface area (TPSA) is 161 Å². The van der Waals surface area contributed by atoms with Crippen LogP contribution in [0.3, 0.4) is 0 Å². The molecular formula is C52H51ClFN5O9S. The second-order valence-corrected chi connectivity index (χ2v) is 18.1. The average molecular weight is 977 g/mol. The zero-order chi connectivity index (χ0) is 49.2. The lowest BCUT2D eigenvalue weighted by Crippen LogP contribution is -2.38. The van der Waals surface area contributed by atoms with Crippen molar-refractivity contribution < 1.29 is 47.2 Å². The van der Waals surface area contributed by atoms with Crippen LogP contribution in [0, 0.1) is 12.7 Å². The highest BCUT2D eigenvalue weighted by atomic mass is 35.5. The molecule has 0 saturated carbocycles. The lowest BCUT2D eigenvalue weighted by atomic mass is 9.95. The van der Waals surface area contributed by atoms with Gasteiger partial charge >= 0.3 is 12.1 Å². The van der Waals surface area contributed by atoms with Crippen LogP contribution < -0.4 is 14.2 Å². The van der Waals surface area contributed by atoms with E-state index in [2.05, 4.69) is 15.0 Å². The van der Waals surface area contributed by atoms with Gasteiger partial charge in [-0.2, -0.15) is 0 Å². The molecule has 0 bridgehead atoms.